The van der Waals surface area contributed by atoms with Gasteiger partial charge in [-0.05, 0) is 24.6 Å². The lowest BCUT2D eigenvalue weighted by molar-refractivity contribution is 0.391. The van der Waals surface area contributed by atoms with E-state index in [0.29, 0.717) is 29.0 Å². The lowest BCUT2D eigenvalue weighted by Gasteiger charge is -2.18. The van der Waals surface area contributed by atoms with E-state index in [4.69, 9.17) is 33.5 Å². The van der Waals surface area contributed by atoms with E-state index in [0.717, 1.165) is 29.4 Å². The van der Waals surface area contributed by atoms with E-state index in [1.165, 1.54) is 0 Å². The third-order valence-electron chi connectivity index (χ3n) is 4.83. The van der Waals surface area contributed by atoms with Gasteiger partial charge in [-0.15, -0.1) is 0 Å². The summed E-state index contributed by atoms with van der Waals surface area (Å²) in [5.74, 6) is 2.41. The number of rotatable bonds is 5. The van der Waals surface area contributed by atoms with Crippen molar-refractivity contribution in [1.29, 1.82) is 0 Å². The monoisotopic (exact) mass is 418 g/mol. The normalized spacial score (nSPS) is 19.2. The molecule has 146 valence electrons. The van der Waals surface area contributed by atoms with Crippen LogP contribution < -0.4 is 16.0 Å². The highest BCUT2D eigenvalue weighted by Crippen LogP contribution is 2.34. The summed E-state index contributed by atoms with van der Waals surface area (Å²) in [5.41, 5.74) is 8.24. The lowest BCUT2D eigenvalue weighted by Crippen LogP contribution is -2.29. The summed E-state index contributed by atoms with van der Waals surface area (Å²) in [6.45, 7) is 3.79. The standard InChI is InChI=1S/C19H20Cl2N6O/c1-11-4-13(26-28-11)7-23-18-6-19(25-10-24-18)27-8-15(17(22)9-27)14-3-2-12(20)5-16(14)21/h2-6,10,15,17H,7-9,22H2,1H3,(H,23,24,25). The van der Waals surface area contributed by atoms with Gasteiger partial charge in [0.25, 0.3) is 0 Å². The summed E-state index contributed by atoms with van der Waals surface area (Å²) in [5, 5.41) is 8.47. The van der Waals surface area contributed by atoms with Gasteiger partial charge in [0.15, 0.2) is 0 Å². The fraction of sp³-hybridized carbons (Fsp3) is 0.316. The summed E-state index contributed by atoms with van der Waals surface area (Å²) >= 11 is 12.4. The first-order valence-electron chi connectivity index (χ1n) is 8.93. The van der Waals surface area contributed by atoms with Crippen molar-refractivity contribution in [2.24, 2.45) is 5.73 Å². The highest BCUT2D eigenvalue weighted by Gasteiger charge is 2.33. The van der Waals surface area contributed by atoms with Crippen molar-refractivity contribution in [3.8, 4) is 0 Å². The number of aromatic nitrogens is 3. The molecular weight excluding hydrogens is 399 g/mol. The summed E-state index contributed by atoms with van der Waals surface area (Å²) in [4.78, 5) is 10.8. The molecule has 0 amide bonds. The zero-order valence-electron chi connectivity index (χ0n) is 15.3. The van der Waals surface area contributed by atoms with Crippen molar-refractivity contribution in [3.05, 3.63) is 63.7 Å². The molecule has 1 aliphatic rings. The number of hydrogen-bond donors (Lipinski definition) is 2. The van der Waals surface area contributed by atoms with Crippen LogP contribution in [0.2, 0.25) is 10.0 Å². The fourth-order valence-corrected chi connectivity index (χ4v) is 4.00. The molecule has 1 aliphatic heterocycles. The number of aryl methyl sites for hydroxylation is 1. The van der Waals surface area contributed by atoms with E-state index in [1.54, 1.807) is 12.4 Å². The molecule has 1 aromatic carbocycles. The average molecular weight is 419 g/mol. The van der Waals surface area contributed by atoms with Gasteiger partial charge in [0.1, 0.15) is 29.4 Å². The van der Waals surface area contributed by atoms with Gasteiger partial charge in [-0.25, -0.2) is 9.97 Å². The molecule has 2 atom stereocenters. The Kier molecular flexibility index (Phi) is 5.39. The number of hydrogen-bond acceptors (Lipinski definition) is 7. The van der Waals surface area contributed by atoms with Crippen molar-refractivity contribution >= 4 is 34.8 Å². The van der Waals surface area contributed by atoms with Crippen molar-refractivity contribution in [3.63, 3.8) is 0 Å². The number of halogens is 2. The second-order valence-electron chi connectivity index (χ2n) is 6.89. The molecule has 4 rings (SSSR count). The first-order valence-corrected chi connectivity index (χ1v) is 9.69. The quantitative estimate of drug-likeness (QED) is 0.653. The van der Waals surface area contributed by atoms with Gasteiger partial charge in [0.05, 0.1) is 6.54 Å². The van der Waals surface area contributed by atoms with Crippen molar-refractivity contribution in [2.75, 3.05) is 23.3 Å². The SMILES string of the molecule is Cc1cc(CNc2cc(N3CC(N)C(c4ccc(Cl)cc4Cl)C3)ncn2)no1. The summed E-state index contributed by atoms with van der Waals surface area (Å²) in [6, 6.07) is 9.29. The predicted octanol–water partition coefficient (Wildman–Crippen LogP) is 3.62. The Morgan fingerprint density at radius 2 is 2.07 bits per heavy atom. The molecule has 2 aromatic heterocycles. The minimum atomic E-state index is -0.0526. The van der Waals surface area contributed by atoms with Gasteiger partial charge in [-0.3, -0.25) is 0 Å². The fourth-order valence-electron chi connectivity index (χ4n) is 3.45. The largest absolute Gasteiger partial charge is 0.364 e. The van der Waals surface area contributed by atoms with E-state index >= 15 is 0 Å². The van der Waals surface area contributed by atoms with E-state index in [2.05, 4.69) is 25.3 Å². The first-order chi connectivity index (χ1) is 13.5. The molecule has 3 heterocycles. The van der Waals surface area contributed by atoms with Gasteiger partial charge < -0.3 is 20.5 Å². The number of nitrogens with one attached hydrogen (secondary N) is 1. The average Bonchev–Trinajstić information content (AvgIpc) is 3.26. The number of anilines is 2. The minimum Gasteiger partial charge on any atom is -0.364 e. The maximum atomic E-state index is 6.41. The summed E-state index contributed by atoms with van der Waals surface area (Å²) in [6.07, 6.45) is 1.54. The molecule has 9 heteroatoms. The van der Waals surface area contributed by atoms with Crippen LogP contribution in [0.5, 0.6) is 0 Å². The molecule has 0 saturated carbocycles. The molecule has 0 radical (unpaired) electrons. The molecular formula is C19H20Cl2N6O. The molecule has 3 N–H and O–H groups in total. The predicted molar refractivity (Wildman–Crippen MR) is 110 cm³/mol. The molecule has 2 unspecified atom stereocenters. The molecule has 0 bridgehead atoms. The van der Waals surface area contributed by atoms with Crippen LogP contribution in [0.1, 0.15) is 22.9 Å². The summed E-state index contributed by atoms with van der Waals surface area (Å²) < 4.78 is 5.08. The number of nitrogens with zero attached hydrogens (tertiary/aromatic N) is 4. The molecule has 3 aromatic rings. The smallest absolute Gasteiger partial charge is 0.134 e. The number of nitrogens with two attached hydrogens (primary N) is 1. The Hall–Kier alpha value is -2.35. The number of benzene rings is 1. The third kappa shape index (κ3) is 4.06. The van der Waals surface area contributed by atoms with Crippen LogP contribution >= 0.6 is 23.2 Å². The molecule has 1 fully saturated rings. The lowest BCUT2D eigenvalue weighted by atomic mass is 9.95. The molecule has 0 spiro atoms. The zero-order valence-corrected chi connectivity index (χ0v) is 16.8. The Morgan fingerprint density at radius 3 is 2.82 bits per heavy atom. The molecule has 0 aliphatic carbocycles. The molecule has 1 saturated heterocycles. The second-order valence-corrected chi connectivity index (χ2v) is 7.73. The van der Waals surface area contributed by atoms with Crippen molar-refractivity contribution < 1.29 is 4.52 Å². The van der Waals surface area contributed by atoms with Crippen LogP contribution in [-0.4, -0.2) is 34.3 Å². The van der Waals surface area contributed by atoms with E-state index in [1.807, 2.05) is 31.2 Å². The molecule has 28 heavy (non-hydrogen) atoms. The highest BCUT2D eigenvalue weighted by molar-refractivity contribution is 6.35. The van der Waals surface area contributed by atoms with Gasteiger partial charge in [-0.2, -0.15) is 0 Å². The molecule has 7 nitrogen and oxygen atoms in total. The first kappa shape index (κ1) is 19.0. The summed E-state index contributed by atoms with van der Waals surface area (Å²) in [7, 11) is 0. The maximum Gasteiger partial charge on any atom is 0.134 e. The third-order valence-corrected chi connectivity index (χ3v) is 5.39. The topological polar surface area (TPSA) is 93.1 Å². The Morgan fingerprint density at radius 1 is 1.21 bits per heavy atom. The van der Waals surface area contributed by atoms with E-state index in [-0.39, 0.29) is 12.0 Å². The van der Waals surface area contributed by atoms with Crippen molar-refractivity contribution in [1.82, 2.24) is 15.1 Å². The van der Waals surface area contributed by atoms with Crippen LogP contribution in [0.25, 0.3) is 0 Å². The van der Waals surface area contributed by atoms with Gasteiger partial charge in [0, 0.05) is 47.2 Å². The maximum absolute atomic E-state index is 6.41. The van der Waals surface area contributed by atoms with Crippen LogP contribution in [0.3, 0.4) is 0 Å². The van der Waals surface area contributed by atoms with E-state index in [9.17, 15) is 0 Å². The van der Waals surface area contributed by atoms with Gasteiger partial charge in [-0.1, -0.05) is 34.4 Å². The van der Waals surface area contributed by atoms with Crippen LogP contribution in [0.15, 0.2) is 41.2 Å². The minimum absolute atomic E-state index is 0.0526. The Bertz CT molecular complexity index is 979. The van der Waals surface area contributed by atoms with Gasteiger partial charge in [0.2, 0.25) is 0 Å². The van der Waals surface area contributed by atoms with E-state index < -0.39 is 0 Å². The Balaban J connectivity index is 1.47. The van der Waals surface area contributed by atoms with Crippen LogP contribution in [0, 0.1) is 6.92 Å². The van der Waals surface area contributed by atoms with Gasteiger partial charge >= 0.3 is 0 Å². The zero-order chi connectivity index (χ0) is 19.7. The second kappa shape index (κ2) is 7.95. The highest BCUT2D eigenvalue weighted by atomic mass is 35.5. The Labute approximate surface area is 172 Å². The van der Waals surface area contributed by atoms with Crippen molar-refractivity contribution in [2.45, 2.75) is 25.4 Å². The van der Waals surface area contributed by atoms with Crippen LogP contribution in [-0.2, 0) is 6.54 Å². The van der Waals surface area contributed by atoms with Crippen LogP contribution in [0.4, 0.5) is 11.6 Å².